The molecule has 8 nitrogen and oxygen atoms in total. The second-order valence-corrected chi connectivity index (χ2v) is 17.4. The number of unbranched alkanes of at least 4 members (excludes halogenated alkanes) is 1. The van der Waals surface area contributed by atoms with Gasteiger partial charge in [0.05, 0.1) is 0 Å². The molecule has 4 rings (SSSR count). The summed E-state index contributed by atoms with van der Waals surface area (Å²) in [5.74, 6) is 1.29. The minimum atomic E-state index is -0.894. The van der Waals surface area contributed by atoms with Gasteiger partial charge >= 0.3 is 18.2 Å². The van der Waals surface area contributed by atoms with Crippen LogP contribution in [0, 0.1) is 29.6 Å². The maximum Gasteiger partial charge on any atom is 0.408 e. The Morgan fingerprint density at radius 3 is 2.20 bits per heavy atom. The van der Waals surface area contributed by atoms with Gasteiger partial charge in [-0.2, -0.15) is 0 Å². The summed E-state index contributed by atoms with van der Waals surface area (Å²) in [5.41, 5.74) is 3.41. The van der Waals surface area contributed by atoms with Crippen LogP contribution in [0.2, 0.25) is 0 Å². The molecule has 0 heterocycles. The molecular weight excluding hydrogens is 580 g/mol. The molecule has 0 bridgehead atoms. The third-order valence-corrected chi connectivity index (χ3v) is 11.0. The van der Waals surface area contributed by atoms with Crippen LogP contribution in [0.15, 0.2) is 12.1 Å². The Morgan fingerprint density at radius 2 is 1.54 bits per heavy atom. The van der Waals surface area contributed by atoms with Crippen LogP contribution in [0.3, 0.4) is 0 Å². The average Bonchev–Trinajstić information content (AvgIpc) is 3.19. The van der Waals surface area contributed by atoms with Crippen molar-refractivity contribution in [2.24, 2.45) is 22.7 Å². The molecule has 2 amide bonds. The Labute approximate surface area is 277 Å². The summed E-state index contributed by atoms with van der Waals surface area (Å²) in [4.78, 5) is 38.3. The molecule has 1 aromatic rings. The maximum absolute atomic E-state index is 13.6. The minimum absolute atomic E-state index is 0.120. The van der Waals surface area contributed by atoms with Crippen molar-refractivity contribution in [3.63, 3.8) is 0 Å². The number of hydrogen-bond donors (Lipinski definition) is 2. The summed E-state index contributed by atoms with van der Waals surface area (Å²) in [6.45, 7) is 23.3. The first-order chi connectivity index (χ1) is 21.1. The number of carbonyl (C=O) groups excluding carboxylic acids is 3. The summed E-state index contributed by atoms with van der Waals surface area (Å²) >= 11 is 0. The Balaban J connectivity index is 1.47. The SMILES string of the molecule is Cc1cc(OC(=O)C(CCCCNC(=O)OC(C)(C)C)NC(=O)OC(C)(C)C)cc2c1[C@]1(C)CCC3C(C)(C)CCC[C@]3(C)[C@H]1C2. The molecular formula is C38H60N2O6. The molecule has 0 radical (unpaired) electrons. The Hall–Kier alpha value is -2.77. The number of benzene rings is 1. The zero-order chi connectivity index (χ0) is 34.3. The molecule has 2 fully saturated rings. The molecule has 5 atom stereocenters. The van der Waals surface area contributed by atoms with Crippen LogP contribution in [0.5, 0.6) is 5.75 Å². The van der Waals surface area contributed by atoms with Crippen molar-refractivity contribution < 1.29 is 28.6 Å². The van der Waals surface area contributed by atoms with Gasteiger partial charge in [-0.15, -0.1) is 0 Å². The summed E-state index contributed by atoms with van der Waals surface area (Å²) in [6.07, 6.45) is 7.71. The van der Waals surface area contributed by atoms with Crippen molar-refractivity contribution >= 4 is 18.2 Å². The lowest BCUT2D eigenvalue weighted by Gasteiger charge is -2.61. The van der Waals surface area contributed by atoms with E-state index < -0.39 is 35.4 Å². The van der Waals surface area contributed by atoms with Crippen LogP contribution in [-0.2, 0) is 26.1 Å². The highest BCUT2D eigenvalue weighted by Crippen LogP contribution is 2.68. The molecule has 2 N–H and O–H groups in total. The second-order valence-electron chi connectivity index (χ2n) is 17.4. The quantitative estimate of drug-likeness (QED) is 0.168. The third-order valence-electron chi connectivity index (χ3n) is 11.0. The average molecular weight is 641 g/mol. The Kier molecular flexibility index (Phi) is 10.2. The smallest absolute Gasteiger partial charge is 0.408 e. The normalized spacial score (nSPS) is 27.4. The fraction of sp³-hybridized carbons (Fsp3) is 0.763. The number of alkyl carbamates (subject to hydrolysis) is 2. The van der Waals surface area contributed by atoms with Crippen LogP contribution in [0.4, 0.5) is 9.59 Å². The highest BCUT2D eigenvalue weighted by Gasteiger charge is 2.61. The fourth-order valence-corrected chi connectivity index (χ4v) is 9.35. The van der Waals surface area contributed by atoms with Crippen LogP contribution >= 0.6 is 0 Å². The highest BCUT2D eigenvalue weighted by molar-refractivity contribution is 5.83. The van der Waals surface area contributed by atoms with Gasteiger partial charge in [-0.1, -0.05) is 34.1 Å². The van der Waals surface area contributed by atoms with Gasteiger partial charge in [-0.25, -0.2) is 14.4 Å². The second kappa shape index (κ2) is 13.0. The number of aryl methyl sites for hydroxylation is 1. The largest absolute Gasteiger partial charge is 0.444 e. The number of hydrogen-bond acceptors (Lipinski definition) is 6. The van der Waals surface area contributed by atoms with Gasteiger partial charge in [-0.05, 0) is 157 Å². The van der Waals surface area contributed by atoms with E-state index in [-0.39, 0.29) is 10.8 Å². The molecule has 0 spiro atoms. The Bertz CT molecular complexity index is 1310. The molecule has 0 aromatic heterocycles. The molecule has 1 aromatic carbocycles. The van der Waals surface area contributed by atoms with Crippen molar-refractivity contribution in [3.8, 4) is 5.75 Å². The fourth-order valence-electron chi connectivity index (χ4n) is 9.35. The number of carbonyl (C=O) groups is 3. The zero-order valence-electron chi connectivity index (χ0n) is 30.4. The third kappa shape index (κ3) is 8.02. The van der Waals surface area contributed by atoms with Crippen molar-refractivity contribution in [1.29, 1.82) is 0 Å². The molecule has 0 saturated heterocycles. The van der Waals surface area contributed by atoms with Gasteiger partial charge < -0.3 is 24.8 Å². The van der Waals surface area contributed by atoms with E-state index in [1.165, 1.54) is 48.8 Å². The lowest BCUT2D eigenvalue weighted by molar-refractivity contribution is -0.137. The van der Waals surface area contributed by atoms with Gasteiger partial charge in [0.15, 0.2) is 0 Å². The standard InChI is InChI=1S/C38H60N2O6/c1-24-21-26(22-25-23-29-37(10)18-14-17-36(8,9)28(37)16-19-38(29,11)30(24)25)44-31(41)27(40-33(43)46-35(5,6)7)15-12-13-20-39-32(42)45-34(2,3)4/h21-22,27-29H,12-20,23H2,1-11H3,(H,39,42)(H,40,43)/t27?,28?,29-,37+,38-/m1/s1. The van der Waals surface area contributed by atoms with Crippen molar-refractivity contribution in [2.45, 2.75) is 157 Å². The Morgan fingerprint density at radius 1 is 0.891 bits per heavy atom. The van der Waals surface area contributed by atoms with E-state index in [1.807, 2.05) is 26.8 Å². The number of amides is 2. The summed E-state index contributed by atoms with van der Waals surface area (Å²) < 4.78 is 16.8. The highest BCUT2D eigenvalue weighted by atomic mass is 16.6. The first-order valence-electron chi connectivity index (χ1n) is 17.5. The maximum atomic E-state index is 13.6. The zero-order valence-corrected chi connectivity index (χ0v) is 30.4. The first kappa shape index (κ1) is 36.1. The van der Waals surface area contributed by atoms with E-state index in [2.05, 4.69) is 51.3 Å². The number of esters is 1. The van der Waals surface area contributed by atoms with E-state index in [1.54, 1.807) is 20.8 Å². The summed E-state index contributed by atoms with van der Waals surface area (Å²) in [6, 6.07) is 3.18. The van der Waals surface area contributed by atoms with Crippen LogP contribution in [0.25, 0.3) is 0 Å². The number of nitrogens with one attached hydrogen (secondary N) is 2. The van der Waals surface area contributed by atoms with Gasteiger partial charge in [-0.3, -0.25) is 0 Å². The number of ether oxygens (including phenoxy) is 3. The number of rotatable bonds is 8. The molecule has 3 aliphatic carbocycles. The monoisotopic (exact) mass is 640 g/mol. The van der Waals surface area contributed by atoms with Gasteiger partial charge in [0.2, 0.25) is 0 Å². The molecule has 46 heavy (non-hydrogen) atoms. The van der Waals surface area contributed by atoms with E-state index in [0.29, 0.717) is 42.9 Å². The molecule has 2 unspecified atom stereocenters. The van der Waals surface area contributed by atoms with Gasteiger partial charge in [0.1, 0.15) is 23.0 Å². The predicted octanol–water partition coefficient (Wildman–Crippen LogP) is 8.55. The molecule has 3 aliphatic rings. The van der Waals surface area contributed by atoms with Crippen molar-refractivity contribution in [2.75, 3.05) is 6.54 Å². The summed E-state index contributed by atoms with van der Waals surface area (Å²) in [5, 5.41) is 5.48. The topological polar surface area (TPSA) is 103 Å². The van der Waals surface area contributed by atoms with Gasteiger partial charge in [0, 0.05) is 6.54 Å². The minimum Gasteiger partial charge on any atom is -0.444 e. The molecule has 8 heteroatoms. The van der Waals surface area contributed by atoms with Crippen LogP contribution < -0.4 is 15.4 Å². The van der Waals surface area contributed by atoms with Crippen LogP contribution in [-0.4, -0.2) is 41.9 Å². The van der Waals surface area contributed by atoms with E-state index in [4.69, 9.17) is 14.2 Å². The lowest BCUT2D eigenvalue weighted by Crippen LogP contribution is -2.55. The van der Waals surface area contributed by atoms with Crippen molar-refractivity contribution in [1.82, 2.24) is 10.6 Å². The first-order valence-corrected chi connectivity index (χ1v) is 17.5. The predicted molar refractivity (Wildman–Crippen MR) is 181 cm³/mol. The lowest BCUT2D eigenvalue weighted by atomic mass is 9.43. The van der Waals surface area contributed by atoms with Crippen molar-refractivity contribution in [3.05, 3.63) is 28.8 Å². The summed E-state index contributed by atoms with van der Waals surface area (Å²) in [7, 11) is 0. The van der Waals surface area contributed by atoms with Crippen LogP contribution in [0.1, 0.15) is 137 Å². The van der Waals surface area contributed by atoms with E-state index in [9.17, 15) is 14.4 Å². The number of fused-ring (bicyclic) bond motifs is 5. The molecule has 2 saturated carbocycles. The van der Waals surface area contributed by atoms with E-state index in [0.717, 1.165) is 12.3 Å². The van der Waals surface area contributed by atoms with E-state index >= 15 is 0 Å². The van der Waals surface area contributed by atoms with Gasteiger partial charge in [0.25, 0.3) is 0 Å². The molecule has 0 aliphatic heterocycles. The molecule has 258 valence electrons.